The summed E-state index contributed by atoms with van der Waals surface area (Å²) in [6, 6.07) is 8.15. The lowest BCUT2D eigenvalue weighted by Gasteiger charge is -2.31. The average molecular weight is 298 g/mol. The Labute approximate surface area is 133 Å². The quantitative estimate of drug-likeness (QED) is 0.856. The summed E-state index contributed by atoms with van der Waals surface area (Å²) in [5.41, 5.74) is 1.96. The SMILES string of the molecule is CC(C)CN1c2nc3ccccc3nc2N(CC(C)C)C1C. The molecule has 1 aliphatic heterocycles. The van der Waals surface area contributed by atoms with Gasteiger partial charge in [0.05, 0.1) is 11.0 Å². The van der Waals surface area contributed by atoms with Crippen LogP contribution >= 0.6 is 0 Å². The molecule has 22 heavy (non-hydrogen) atoms. The first kappa shape index (κ1) is 15.1. The van der Waals surface area contributed by atoms with Crippen molar-refractivity contribution in [3.63, 3.8) is 0 Å². The second-order valence-electron chi connectivity index (χ2n) is 7.08. The summed E-state index contributed by atoms with van der Waals surface area (Å²) in [5.74, 6) is 3.28. The van der Waals surface area contributed by atoms with E-state index >= 15 is 0 Å². The van der Waals surface area contributed by atoms with Crippen molar-refractivity contribution in [1.82, 2.24) is 9.97 Å². The van der Waals surface area contributed by atoms with E-state index < -0.39 is 0 Å². The van der Waals surface area contributed by atoms with E-state index in [1.54, 1.807) is 0 Å². The van der Waals surface area contributed by atoms with E-state index in [1.807, 2.05) is 24.3 Å². The smallest absolute Gasteiger partial charge is 0.174 e. The molecule has 0 unspecified atom stereocenters. The van der Waals surface area contributed by atoms with Gasteiger partial charge in [0.1, 0.15) is 6.17 Å². The zero-order chi connectivity index (χ0) is 15.9. The second kappa shape index (κ2) is 5.75. The highest BCUT2D eigenvalue weighted by atomic mass is 15.5. The Balaban J connectivity index is 2.10. The van der Waals surface area contributed by atoms with Crippen molar-refractivity contribution in [3.05, 3.63) is 24.3 Å². The first-order valence-electron chi connectivity index (χ1n) is 8.27. The first-order chi connectivity index (χ1) is 10.5. The van der Waals surface area contributed by atoms with Crippen LogP contribution in [0.25, 0.3) is 11.0 Å². The Bertz CT molecular complexity index is 609. The fourth-order valence-corrected chi connectivity index (χ4v) is 3.15. The fraction of sp³-hybridized carbons (Fsp3) is 0.556. The predicted octanol–water partition coefficient (Wildman–Crippen LogP) is 3.91. The van der Waals surface area contributed by atoms with E-state index in [4.69, 9.17) is 9.97 Å². The molecule has 0 spiro atoms. The Kier molecular flexibility index (Phi) is 3.94. The highest BCUT2D eigenvalue weighted by molar-refractivity contribution is 5.83. The van der Waals surface area contributed by atoms with Crippen molar-refractivity contribution in [2.24, 2.45) is 11.8 Å². The molecule has 2 heterocycles. The molecule has 0 N–H and O–H groups in total. The molecule has 0 saturated heterocycles. The van der Waals surface area contributed by atoms with Crippen molar-refractivity contribution < 1.29 is 0 Å². The van der Waals surface area contributed by atoms with Crippen LogP contribution in [0.15, 0.2) is 24.3 Å². The fourth-order valence-electron chi connectivity index (χ4n) is 3.15. The lowest BCUT2D eigenvalue weighted by Crippen LogP contribution is -2.44. The van der Waals surface area contributed by atoms with E-state index in [2.05, 4.69) is 44.4 Å². The van der Waals surface area contributed by atoms with Crippen molar-refractivity contribution in [1.29, 1.82) is 0 Å². The normalized spacial score (nSPS) is 15.4. The minimum Gasteiger partial charge on any atom is -0.333 e. The van der Waals surface area contributed by atoms with Gasteiger partial charge in [0.2, 0.25) is 0 Å². The third-order valence-corrected chi connectivity index (χ3v) is 4.10. The van der Waals surface area contributed by atoms with E-state index in [-0.39, 0.29) is 0 Å². The van der Waals surface area contributed by atoms with Gasteiger partial charge in [-0.3, -0.25) is 0 Å². The molecule has 0 amide bonds. The van der Waals surface area contributed by atoms with Gasteiger partial charge in [-0.1, -0.05) is 39.8 Å². The molecule has 0 bridgehead atoms. The van der Waals surface area contributed by atoms with Gasteiger partial charge in [-0.15, -0.1) is 0 Å². The third-order valence-electron chi connectivity index (χ3n) is 4.10. The van der Waals surface area contributed by atoms with Crippen LogP contribution in [-0.2, 0) is 0 Å². The Morgan fingerprint density at radius 3 is 1.64 bits per heavy atom. The van der Waals surface area contributed by atoms with Gasteiger partial charge in [0.15, 0.2) is 11.6 Å². The van der Waals surface area contributed by atoms with Gasteiger partial charge in [0, 0.05) is 13.1 Å². The number of aromatic nitrogens is 2. The minimum absolute atomic E-state index is 0.316. The second-order valence-corrected chi connectivity index (χ2v) is 7.08. The number of hydrogen-bond acceptors (Lipinski definition) is 4. The third kappa shape index (κ3) is 2.62. The monoisotopic (exact) mass is 298 g/mol. The van der Waals surface area contributed by atoms with Gasteiger partial charge >= 0.3 is 0 Å². The average Bonchev–Trinajstić information content (AvgIpc) is 2.69. The molecule has 4 heteroatoms. The van der Waals surface area contributed by atoms with Gasteiger partial charge in [0.25, 0.3) is 0 Å². The van der Waals surface area contributed by atoms with Crippen LogP contribution in [0.3, 0.4) is 0 Å². The van der Waals surface area contributed by atoms with E-state index in [1.165, 1.54) is 0 Å². The number of para-hydroxylation sites is 2. The standard InChI is InChI=1S/C18H26N4/c1-12(2)10-21-14(5)22(11-13(3)4)18-17(21)19-15-8-6-7-9-16(15)20-18/h6-9,12-14H,10-11H2,1-5H3. The van der Waals surface area contributed by atoms with Crippen LogP contribution in [0.1, 0.15) is 34.6 Å². The van der Waals surface area contributed by atoms with Gasteiger partial charge in [-0.05, 0) is 30.9 Å². The maximum Gasteiger partial charge on any atom is 0.174 e. The number of hydrogen-bond donors (Lipinski definition) is 0. The Morgan fingerprint density at radius 1 is 0.864 bits per heavy atom. The molecular formula is C18H26N4. The van der Waals surface area contributed by atoms with Crippen molar-refractivity contribution in [3.8, 4) is 0 Å². The Hall–Kier alpha value is -1.84. The number of fused-ring (bicyclic) bond motifs is 2. The summed E-state index contributed by atoms with van der Waals surface area (Å²) in [6.07, 6.45) is 0.316. The molecule has 1 aromatic carbocycles. The molecule has 118 valence electrons. The largest absolute Gasteiger partial charge is 0.333 e. The molecule has 0 aliphatic carbocycles. The Morgan fingerprint density at radius 2 is 1.27 bits per heavy atom. The zero-order valence-electron chi connectivity index (χ0n) is 14.2. The van der Waals surface area contributed by atoms with Crippen molar-refractivity contribution in [2.45, 2.75) is 40.8 Å². The van der Waals surface area contributed by atoms with Crippen LogP contribution in [0.2, 0.25) is 0 Å². The van der Waals surface area contributed by atoms with Crippen molar-refractivity contribution in [2.75, 3.05) is 22.9 Å². The molecular weight excluding hydrogens is 272 g/mol. The number of anilines is 2. The van der Waals surface area contributed by atoms with E-state index in [0.717, 1.165) is 35.8 Å². The maximum absolute atomic E-state index is 4.92. The molecule has 1 aliphatic rings. The van der Waals surface area contributed by atoms with Crippen LogP contribution < -0.4 is 9.80 Å². The lowest BCUT2D eigenvalue weighted by molar-refractivity contribution is 0.518. The summed E-state index contributed by atoms with van der Waals surface area (Å²) in [7, 11) is 0. The topological polar surface area (TPSA) is 32.3 Å². The summed E-state index contributed by atoms with van der Waals surface area (Å²) in [5, 5.41) is 0. The number of nitrogens with zero attached hydrogens (tertiary/aromatic N) is 4. The predicted molar refractivity (Wildman–Crippen MR) is 93.4 cm³/mol. The molecule has 1 aromatic heterocycles. The number of benzene rings is 1. The van der Waals surface area contributed by atoms with Crippen molar-refractivity contribution >= 4 is 22.7 Å². The van der Waals surface area contributed by atoms with E-state index in [9.17, 15) is 0 Å². The van der Waals surface area contributed by atoms with Crippen LogP contribution in [0.5, 0.6) is 0 Å². The summed E-state index contributed by atoms with van der Waals surface area (Å²) >= 11 is 0. The maximum atomic E-state index is 4.92. The zero-order valence-corrected chi connectivity index (χ0v) is 14.2. The van der Waals surface area contributed by atoms with Crippen LogP contribution in [-0.4, -0.2) is 29.2 Å². The first-order valence-corrected chi connectivity index (χ1v) is 8.27. The number of rotatable bonds is 4. The molecule has 0 saturated carbocycles. The minimum atomic E-state index is 0.316. The summed E-state index contributed by atoms with van der Waals surface area (Å²) in [4.78, 5) is 14.6. The highest BCUT2D eigenvalue weighted by Gasteiger charge is 2.36. The molecule has 0 atom stereocenters. The highest BCUT2D eigenvalue weighted by Crippen LogP contribution is 2.38. The summed E-state index contributed by atoms with van der Waals surface area (Å²) < 4.78 is 0. The van der Waals surface area contributed by atoms with Gasteiger partial charge in [-0.25, -0.2) is 9.97 Å². The molecule has 3 rings (SSSR count). The molecule has 0 fully saturated rings. The lowest BCUT2D eigenvalue weighted by atomic mass is 10.2. The van der Waals surface area contributed by atoms with Crippen LogP contribution in [0, 0.1) is 11.8 Å². The van der Waals surface area contributed by atoms with Crippen LogP contribution in [0.4, 0.5) is 11.6 Å². The molecule has 2 aromatic rings. The van der Waals surface area contributed by atoms with Gasteiger partial charge < -0.3 is 9.80 Å². The molecule has 0 radical (unpaired) electrons. The summed E-state index contributed by atoms with van der Waals surface area (Å²) in [6.45, 7) is 13.3. The van der Waals surface area contributed by atoms with Gasteiger partial charge in [-0.2, -0.15) is 0 Å². The van der Waals surface area contributed by atoms with E-state index in [0.29, 0.717) is 18.0 Å². The molecule has 4 nitrogen and oxygen atoms in total.